The van der Waals surface area contributed by atoms with E-state index in [2.05, 4.69) is 15.5 Å². The second kappa shape index (κ2) is 9.42. The topological polar surface area (TPSA) is 70.7 Å². The molecule has 150 valence electrons. The molecule has 0 aromatic heterocycles. The first-order valence-electron chi connectivity index (χ1n) is 9.40. The molecule has 1 atom stereocenters. The highest BCUT2D eigenvalue weighted by Crippen LogP contribution is 2.16. The Labute approximate surface area is 166 Å². The van der Waals surface area contributed by atoms with E-state index in [4.69, 9.17) is 16.3 Å². The third-order valence-electron chi connectivity index (χ3n) is 4.59. The summed E-state index contributed by atoms with van der Waals surface area (Å²) in [7, 11) is 0. The van der Waals surface area contributed by atoms with E-state index < -0.39 is 5.60 Å². The molecule has 0 aliphatic carbocycles. The molecule has 1 saturated heterocycles. The Bertz CT molecular complexity index is 652. The fourth-order valence-corrected chi connectivity index (χ4v) is 3.25. The lowest BCUT2D eigenvalue weighted by molar-refractivity contribution is -0.126. The highest BCUT2D eigenvalue weighted by atomic mass is 35.5. The summed E-state index contributed by atoms with van der Waals surface area (Å²) in [5.41, 5.74) is 0.402. The molecular formula is C20H30ClN3O3. The normalized spacial score (nSPS) is 17.2. The van der Waals surface area contributed by atoms with Gasteiger partial charge < -0.3 is 15.4 Å². The average molecular weight is 396 g/mol. The lowest BCUT2D eigenvalue weighted by Crippen LogP contribution is -2.52. The summed E-state index contributed by atoms with van der Waals surface area (Å²) in [4.78, 5) is 26.5. The van der Waals surface area contributed by atoms with E-state index in [9.17, 15) is 9.59 Å². The third-order valence-corrected chi connectivity index (χ3v) is 4.96. The van der Waals surface area contributed by atoms with Crippen LogP contribution in [0.25, 0.3) is 0 Å². The molecule has 7 heteroatoms. The van der Waals surface area contributed by atoms with Crippen molar-refractivity contribution < 1.29 is 14.3 Å². The van der Waals surface area contributed by atoms with Gasteiger partial charge in [0.25, 0.3) is 0 Å². The molecule has 6 nitrogen and oxygen atoms in total. The largest absolute Gasteiger partial charge is 0.444 e. The Kier molecular flexibility index (Phi) is 7.50. The fourth-order valence-electron chi connectivity index (χ4n) is 3.04. The molecule has 1 heterocycles. The number of likely N-dealkylation sites (tertiary alicyclic amines) is 1. The first kappa shape index (κ1) is 21.5. The minimum atomic E-state index is -0.501. The van der Waals surface area contributed by atoms with Gasteiger partial charge in [0, 0.05) is 30.7 Å². The monoisotopic (exact) mass is 395 g/mol. The van der Waals surface area contributed by atoms with Gasteiger partial charge in [-0.25, -0.2) is 4.79 Å². The van der Waals surface area contributed by atoms with Crippen molar-refractivity contribution in [2.24, 2.45) is 0 Å². The SMILES string of the molecule is CC(C(=O)NCc1ccccc1Cl)N1CCC(NC(=O)OC(C)(C)C)CC1. The molecular weight excluding hydrogens is 366 g/mol. The number of carbonyl (C=O) groups is 2. The van der Waals surface area contributed by atoms with Crippen molar-refractivity contribution in [1.29, 1.82) is 0 Å². The predicted octanol–water partition coefficient (Wildman–Crippen LogP) is 3.33. The molecule has 2 N–H and O–H groups in total. The molecule has 1 aliphatic heterocycles. The lowest BCUT2D eigenvalue weighted by Gasteiger charge is -2.35. The van der Waals surface area contributed by atoms with E-state index in [1.165, 1.54) is 0 Å². The van der Waals surface area contributed by atoms with Crippen molar-refractivity contribution in [3.63, 3.8) is 0 Å². The summed E-state index contributed by atoms with van der Waals surface area (Å²) >= 11 is 6.13. The van der Waals surface area contributed by atoms with Crippen molar-refractivity contribution in [2.75, 3.05) is 13.1 Å². The third kappa shape index (κ3) is 7.03. The van der Waals surface area contributed by atoms with Crippen LogP contribution in [0.2, 0.25) is 5.02 Å². The van der Waals surface area contributed by atoms with Crippen LogP contribution in [0.4, 0.5) is 4.79 Å². The highest BCUT2D eigenvalue weighted by Gasteiger charge is 2.28. The number of alkyl carbamates (subject to hydrolysis) is 1. The summed E-state index contributed by atoms with van der Waals surface area (Å²) in [6, 6.07) is 7.34. The highest BCUT2D eigenvalue weighted by molar-refractivity contribution is 6.31. The number of piperidine rings is 1. The van der Waals surface area contributed by atoms with E-state index >= 15 is 0 Å². The van der Waals surface area contributed by atoms with Crippen molar-refractivity contribution in [1.82, 2.24) is 15.5 Å². The van der Waals surface area contributed by atoms with Gasteiger partial charge in [-0.2, -0.15) is 0 Å². The van der Waals surface area contributed by atoms with Crippen LogP contribution in [0.3, 0.4) is 0 Å². The molecule has 0 radical (unpaired) electrons. The van der Waals surface area contributed by atoms with Crippen LogP contribution in [-0.4, -0.2) is 47.7 Å². The number of ether oxygens (including phenoxy) is 1. The maximum absolute atomic E-state index is 12.5. The summed E-state index contributed by atoms with van der Waals surface area (Å²) in [5.74, 6) is -0.0199. The van der Waals surface area contributed by atoms with Crippen LogP contribution < -0.4 is 10.6 Å². The number of nitrogens with one attached hydrogen (secondary N) is 2. The van der Waals surface area contributed by atoms with Gasteiger partial charge in [0.05, 0.1) is 6.04 Å². The zero-order valence-electron chi connectivity index (χ0n) is 16.5. The Morgan fingerprint density at radius 2 is 1.89 bits per heavy atom. The van der Waals surface area contributed by atoms with Crippen LogP contribution >= 0.6 is 11.6 Å². The minimum Gasteiger partial charge on any atom is -0.444 e. The van der Waals surface area contributed by atoms with Gasteiger partial charge in [-0.15, -0.1) is 0 Å². The molecule has 27 heavy (non-hydrogen) atoms. The van der Waals surface area contributed by atoms with Crippen LogP contribution in [0, 0.1) is 0 Å². The first-order chi connectivity index (χ1) is 12.7. The molecule has 0 bridgehead atoms. The standard InChI is InChI=1S/C20H30ClN3O3/c1-14(18(25)22-13-15-7-5-6-8-17(15)21)24-11-9-16(10-12-24)23-19(26)27-20(2,3)4/h5-8,14,16H,9-13H2,1-4H3,(H,22,25)(H,23,26). The molecule has 2 amide bonds. The van der Waals surface area contributed by atoms with Crippen LogP contribution in [-0.2, 0) is 16.1 Å². The van der Waals surface area contributed by atoms with E-state index in [1.54, 1.807) is 0 Å². The van der Waals surface area contributed by atoms with Crippen LogP contribution in [0.15, 0.2) is 24.3 Å². The smallest absolute Gasteiger partial charge is 0.407 e. The molecule has 1 aromatic carbocycles. The van der Waals surface area contributed by atoms with E-state index in [1.807, 2.05) is 52.0 Å². The predicted molar refractivity (Wildman–Crippen MR) is 107 cm³/mol. The summed E-state index contributed by atoms with van der Waals surface area (Å²) in [5, 5.41) is 6.52. The van der Waals surface area contributed by atoms with Crippen molar-refractivity contribution >= 4 is 23.6 Å². The average Bonchev–Trinajstić information content (AvgIpc) is 2.59. The summed E-state index contributed by atoms with van der Waals surface area (Å²) in [6.45, 7) is 9.36. The zero-order chi connectivity index (χ0) is 20.0. The van der Waals surface area contributed by atoms with Crippen molar-refractivity contribution in [3.05, 3.63) is 34.9 Å². The number of hydrogen-bond acceptors (Lipinski definition) is 4. The Morgan fingerprint density at radius 3 is 2.48 bits per heavy atom. The number of benzene rings is 1. The zero-order valence-corrected chi connectivity index (χ0v) is 17.3. The molecule has 2 rings (SSSR count). The van der Waals surface area contributed by atoms with E-state index in [-0.39, 0.29) is 24.1 Å². The second-order valence-corrected chi connectivity index (χ2v) is 8.35. The minimum absolute atomic E-state index is 0.0199. The number of halogens is 1. The number of carbonyl (C=O) groups excluding carboxylic acids is 2. The fraction of sp³-hybridized carbons (Fsp3) is 0.600. The Hall–Kier alpha value is -1.79. The van der Waals surface area contributed by atoms with Gasteiger partial charge >= 0.3 is 6.09 Å². The summed E-state index contributed by atoms with van der Waals surface area (Å²) < 4.78 is 5.30. The van der Waals surface area contributed by atoms with Gasteiger partial charge in [0.15, 0.2) is 0 Å². The van der Waals surface area contributed by atoms with Crippen molar-refractivity contribution in [3.8, 4) is 0 Å². The number of amides is 2. The molecule has 1 aliphatic rings. The number of nitrogens with zero attached hydrogens (tertiary/aromatic N) is 1. The number of rotatable bonds is 5. The lowest BCUT2D eigenvalue weighted by atomic mass is 10.0. The Balaban J connectivity index is 1.75. The maximum atomic E-state index is 12.5. The van der Waals surface area contributed by atoms with Crippen LogP contribution in [0.5, 0.6) is 0 Å². The number of hydrogen-bond donors (Lipinski definition) is 2. The Morgan fingerprint density at radius 1 is 1.26 bits per heavy atom. The summed E-state index contributed by atoms with van der Waals surface area (Å²) in [6.07, 6.45) is 1.20. The van der Waals surface area contributed by atoms with E-state index in [0.717, 1.165) is 31.5 Å². The first-order valence-corrected chi connectivity index (χ1v) is 9.78. The van der Waals surface area contributed by atoms with Gasteiger partial charge in [-0.05, 0) is 52.2 Å². The molecule has 0 spiro atoms. The second-order valence-electron chi connectivity index (χ2n) is 7.94. The van der Waals surface area contributed by atoms with Crippen molar-refractivity contribution in [2.45, 2.75) is 64.8 Å². The molecule has 1 aromatic rings. The molecule has 0 saturated carbocycles. The molecule has 1 unspecified atom stereocenters. The maximum Gasteiger partial charge on any atom is 0.407 e. The van der Waals surface area contributed by atoms with Crippen LogP contribution in [0.1, 0.15) is 46.1 Å². The molecule has 1 fully saturated rings. The quantitative estimate of drug-likeness (QED) is 0.802. The van der Waals surface area contributed by atoms with Gasteiger partial charge in [-0.1, -0.05) is 29.8 Å². The van der Waals surface area contributed by atoms with Gasteiger partial charge in [0.1, 0.15) is 5.60 Å². The van der Waals surface area contributed by atoms with E-state index in [0.29, 0.717) is 11.6 Å². The van der Waals surface area contributed by atoms with Gasteiger partial charge in [-0.3, -0.25) is 9.69 Å². The van der Waals surface area contributed by atoms with Gasteiger partial charge in [0.2, 0.25) is 5.91 Å².